The lowest BCUT2D eigenvalue weighted by molar-refractivity contribution is 0.0240. The van der Waals surface area contributed by atoms with Crippen LogP contribution in [0.25, 0.3) is 10.2 Å². The summed E-state index contributed by atoms with van der Waals surface area (Å²) in [5.41, 5.74) is -0.507. The van der Waals surface area contributed by atoms with Crippen molar-refractivity contribution in [3.63, 3.8) is 0 Å². The molecule has 3 rings (SSSR count). The summed E-state index contributed by atoms with van der Waals surface area (Å²) in [6, 6.07) is 1.79. The second-order valence-corrected chi connectivity index (χ2v) is 8.23. The van der Waals surface area contributed by atoms with Crippen LogP contribution in [0.2, 0.25) is 0 Å². The maximum Gasteiger partial charge on any atom is 0.410 e. The predicted molar refractivity (Wildman–Crippen MR) is 103 cm³/mol. The fraction of sp³-hybridized carbons (Fsp3) is 0.556. The second kappa shape index (κ2) is 7.67. The average molecular weight is 392 g/mol. The molecule has 0 N–H and O–H groups in total. The highest BCUT2D eigenvalue weighted by Gasteiger charge is 2.27. The minimum atomic E-state index is -0.507. The Morgan fingerprint density at radius 2 is 1.89 bits per heavy atom. The van der Waals surface area contributed by atoms with Crippen LogP contribution in [-0.4, -0.2) is 65.3 Å². The van der Waals surface area contributed by atoms with Gasteiger partial charge in [0.15, 0.2) is 0 Å². The van der Waals surface area contributed by atoms with Crippen molar-refractivity contribution in [2.75, 3.05) is 37.7 Å². The quantitative estimate of drug-likeness (QED) is 0.743. The molecule has 1 saturated heterocycles. The van der Waals surface area contributed by atoms with E-state index in [4.69, 9.17) is 9.47 Å². The van der Waals surface area contributed by atoms with Gasteiger partial charge in [-0.1, -0.05) is 0 Å². The molecule has 0 unspecified atom stereocenters. The summed E-state index contributed by atoms with van der Waals surface area (Å²) in [7, 11) is 0. The fourth-order valence-corrected chi connectivity index (χ4v) is 3.71. The number of rotatable bonds is 3. The third kappa shape index (κ3) is 4.47. The standard InChI is InChI=1S/C18H24N4O4S/c1-5-25-16(23)13-10-12-14(19-11-20-15(12)27-13)21-6-8-22(9-7-21)17(24)26-18(2,3)4/h10-11H,5-9H2,1-4H3. The Morgan fingerprint density at radius 3 is 2.52 bits per heavy atom. The molecule has 2 aromatic rings. The molecule has 3 heterocycles. The van der Waals surface area contributed by atoms with Gasteiger partial charge in [-0.15, -0.1) is 11.3 Å². The van der Waals surface area contributed by atoms with E-state index < -0.39 is 5.60 Å². The van der Waals surface area contributed by atoms with E-state index in [0.29, 0.717) is 37.7 Å². The van der Waals surface area contributed by atoms with Gasteiger partial charge < -0.3 is 19.3 Å². The van der Waals surface area contributed by atoms with Crippen molar-refractivity contribution in [3.8, 4) is 0 Å². The number of anilines is 1. The Morgan fingerprint density at radius 1 is 1.19 bits per heavy atom. The van der Waals surface area contributed by atoms with Gasteiger partial charge in [-0.25, -0.2) is 19.6 Å². The van der Waals surface area contributed by atoms with E-state index in [1.165, 1.54) is 17.7 Å². The molecule has 0 spiro atoms. The zero-order valence-corrected chi connectivity index (χ0v) is 16.8. The topological polar surface area (TPSA) is 84.9 Å². The van der Waals surface area contributed by atoms with Crippen molar-refractivity contribution in [2.45, 2.75) is 33.3 Å². The van der Waals surface area contributed by atoms with Crippen LogP contribution < -0.4 is 4.90 Å². The first-order chi connectivity index (χ1) is 12.8. The number of thiophene rings is 1. The van der Waals surface area contributed by atoms with Crippen LogP contribution in [0.3, 0.4) is 0 Å². The van der Waals surface area contributed by atoms with Gasteiger partial charge in [-0.05, 0) is 33.8 Å². The van der Waals surface area contributed by atoms with Crippen molar-refractivity contribution in [3.05, 3.63) is 17.3 Å². The molecule has 0 saturated carbocycles. The van der Waals surface area contributed by atoms with Crippen molar-refractivity contribution >= 4 is 39.4 Å². The number of carbonyl (C=O) groups is 2. The minimum Gasteiger partial charge on any atom is -0.462 e. The van der Waals surface area contributed by atoms with Gasteiger partial charge in [-0.2, -0.15) is 0 Å². The number of hydrogen-bond acceptors (Lipinski definition) is 8. The number of carbonyl (C=O) groups excluding carboxylic acids is 2. The van der Waals surface area contributed by atoms with Crippen molar-refractivity contribution < 1.29 is 19.1 Å². The summed E-state index contributed by atoms with van der Waals surface area (Å²) in [4.78, 5) is 38.0. The summed E-state index contributed by atoms with van der Waals surface area (Å²) < 4.78 is 10.5. The van der Waals surface area contributed by atoms with Gasteiger partial charge in [-0.3, -0.25) is 0 Å². The van der Waals surface area contributed by atoms with Gasteiger partial charge in [0, 0.05) is 26.2 Å². The van der Waals surface area contributed by atoms with E-state index >= 15 is 0 Å². The summed E-state index contributed by atoms with van der Waals surface area (Å²) in [6.45, 7) is 10.1. The highest BCUT2D eigenvalue weighted by Crippen LogP contribution is 2.31. The molecule has 0 bridgehead atoms. The number of ether oxygens (including phenoxy) is 2. The van der Waals surface area contributed by atoms with Gasteiger partial charge >= 0.3 is 12.1 Å². The number of hydrogen-bond donors (Lipinski definition) is 0. The number of nitrogens with zero attached hydrogens (tertiary/aromatic N) is 4. The van der Waals surface area contributed by atoms with E-state index in [-0.39, 0.29) is 12.1 Å². The average Bonchev–Trinajstić information content (AvgIpc) is 3.05. The van der Waals surface area contributed by atoms with Crippen molar-refractivity contribution in [2.24, 2.45) is 0 Å². The molecular weight excluding hydrogens is 368 g/mol. The van der Waals surface area contributed by atoms with E-state index in [1.54, 1.807) is 17.9 Å². The lowest BCUT2D eigenvalue weighted by Crippen LogP contribution is -2.50. The summed E-state index contributed by atoms with van der Waals surface area (Å²) in [5.74, 6) is 0.428. The number of fused-ring (bicyclic) bond motifs is 1. The van der Waals surface area contributed by atoms with Crippen LogP contribution >= 0.6 is 11.3 Å². The highest BCUT2D eigenvalue weighted by molar-refractivity contribution is 7.20. The Bertz CT molecular complexity index is 837. The normalized spacial score (nSPS) is 15.1. The zero-order valence-electron chi connectivity index (χ0n) is 16.0. The lowest BCUT2D eigenvalue weighted by atomic mass is 10.2. The third-order valence-corrected chi connectivity index (χ3v) is 5.04. The predicted octanol–water partition coefficient (Wildman–Crippen LogP) is 2.93. The van der Waals surface area contributed by atoms with Crippen LogP contribution in [0.5, 0.6) is 0 Å². The molecule has 0 aliphatic carbocycles. The van der Waals surface area contributed by atoms with Crippen molar-refractivity contribution in [1.29, 1.82) is 0 Å². The molecule has 146 valence electrons. The first kappa shape index (κ1) is 19.3. The molecule has 2 aromatic heterocycles. The highest BCUT2D eigenvalue weighted by atomic mass is 32.1. The van der Waals surface area contributed by atoms with E-state index in [2.05, 4.69) is 14.9 Å². The SMILES string of the molecule is CCOC(=O)c1cc2c(N3CCN(C(=O)OC(C)(C)C)CC3)ncnc2s1. The van der Waals surface area contributed by atoms with Gasteiger partial charge in [0.2, 0.25) is 0 Å². The van der Waals surface area contributed by atoms with Gasteiger partial charge in [0.05, 0.1) is 12.0 Å². The largest absolute Gasteiger partial charge is 0.462 e. The third-order valence-electron chi connectivity index (χ3n) is 4.02. The summed E-state index contributed by atoms with van der Waals surface area (Å²) in [5, 5.41) is 0.830. The molecule has 0 radical (unpaired) electrons. The van der Waals surface area contributed by atoms with Crippen molar-refractivity contribution in [1.82, 2.24) is 14.9 Å². The molecular formula is C18H24N4O4S. The molecule has 8 nitrogen and oxygen atoms in total. The molecule has 9 heteroatoms. The Balaban J connectivity index is 1.73. The maximum absolute atomic E-state index is 12.2. The number of aromatic nitrogens is 2. The van der Waals surface area contributed by atoms with Gasteiger partial charge in [0.25, 0.3) is 0 Å². The minimum absolute atomic E-state index is 0.296. The number of esters is 1. The molecule has 27 heavy (non-hydrogen) atoms. The van der Waals surface area contributed by atoms with Crippen LogP contribution in [0.4, 0.5) is 10.6 Å². The second-order valence-electron chi connectivity index (χ2n) is 7.20. The molecule has 1 aliphatic heterocycles. The molecule has 1 amide bonds. The summed E-state index contributed by atoms with van der Waals surface area (Å²) in [6.07, 6.45) is 1.21. The monoisotopic (exact) mass is 392 g/mol. The van der Waals surface area contributed by atoms with E-state index in [0.717, 1.165) is 16.0 Å². The van der Waals surface area contributed by atoms with Crippen LogP contribution in [0, 0.1) is 0 Å². The van der Waals surface area contributed by atoms with E-state index in [1.807, 2.05) is 20.8 Å². The molecule has 1 fully saturated rings. The first-order valence-corrected chi connectivity index (χ1v) is 9.74. The zero-order chi connectivity index (χ0) is 19.6. The lowest BCUT2D eigenvalue weighted by Gasteiger charge is -2.36. The molecule has 0 aromatic carbocycles. The van der Waals surface area contributed by atoms with Crippen LogP contribution in [0.15, 0.2) is 12.4 Å². The van der Waals surface area contributed by atoms with Crippen LogP contribution in [0.1, 0.15) is 37.4 Å². The molecule has 0 atom stereocenters. The Labute approximate surface area is 162 Å². The Hall–Kier alpha value is -2.42. The Kier molecular flexibility index (Phi) is 5.50. The number of amides is 1. The summed E-state index contributed by atoms with van der Waals surface area (Å²) >= 11 is 1.30. The smallest absolute Gasteiger partial charge is 0.410 e. The maximum atomic E-state index is 12.2. The van der Waals surface area contributed by atoms with E-state index in [9.17, 15) is 9.59 Å². The van der Waals surface area contributed by atoms with Crippen LogP contribution in [-0.2, 0) is 9.47 Å². The number of piperazine rings is 1. The molecule has 1 aliphatic rings. The first-order valence-electron chi connectivity index (χ1n) is 8.93. The fourth-order valence-electron chi connectivity index (χ4n) is 2.83. The van der Waals surface area contributed by atoms with Gasteiger partial charge in [0.1, 0.15) is 27.5 Å².